The first-order chi connectivity index (χ1) is 6.24. The van der Waals surface area contributed by atoms with E-state index in [-0.39, 0.29) is 0 Å². The van der Waals surface area contributed by atoms with Gasteiger partial charge in [-0.05, 0) is 20.8 Å². The number of ether oxygens (including phenoxy) is 3. The summed E-state index contributed by atoms with van der Waals surface area (Å²) < 4.78 is 21.4. The molecule has 0 heterocycles. The van der Waals surface area contributed by atoms with Crippen LogP contribution in [-0.4, -0.2) is 35.7 Å². The van der Waals surface area contributed by atoms with Crippen molar-refractivity contribution in [2.45, 2.75) is 33.5 Å². The van der Waals surface area contributed by atoms with E-state index in [0.29, 0.717) is 19.8 Å². The number of hydrogen-bond acceptors (Lipinski definition) is 4. The van der Waals surface area contributed by atoms with E-state index >= 15 is 0 Å². The quantitative estimate of drug-likeness (QED) is 0.438. The van der Waals surface area contributed by atoms with Crippen molar-refractivity contribution in [3.8, 4) is 0 Å². The zero-order valence-corrected chi connectivity index (χ0v) is 10.4. The lowest BCUT2D eigenvalue weighted by atomic mass is 10.8. The van der Waals surface area contributed by atoms with E-state index in [2.05, 4.69) is 0 Å². The van der Waals surface area contributed by atoms with Crippen LogP contribution in [0.1, 0.15) is 20.8 Å². The molecular weight excluding hydrogens is 188 g/mol. The fraction of sp³-hybridized carbons (Fsp3) is 1.00. The molecule has 5 heteroatoms. The molecule has 0 aliphatic carbocycles. The normalized spacial score (nSPS) is 12.9. The Morgan fingerprint density at radius 2 is 1.31 bits per heavy atom. The standard InChI is InChI=1S/C8H20O4Si/c1-5-9-8(10-6-2,11-7-3)12-13-4/h5-7,13H2,1-4H3. The summed E-state index contributed by atoms with van der Waals surface area (Å²) >= 11 is 0. The molecule has 0 radical (unpaired) electrons. The first-order valence-corrected chi connectivity index (χ1v) is 6.79. The van der Waals surface area contributed by atoms with Crippen LogP contribution in [0.25, 0.3) is 0 Å². The predicted octanol–water partition coefficient (Wildman–Crippen LogP) is 0.856. The van der Waals surface area contributed by atoms with Crippen LogP contribution in [0.3, 0.4) is 0 Å². The van der Waals surface area contributed by atoms with E-state index < -0.39 is 15.9 Å². The Morgan fingerprint density at radius 1 is 0.923 bits per heavy atom. The van der Waals surface area contributed by atoms with Crippen molar-refractivity contribution in [1.29, 1.82) is 0 Å². The van der Waals surface area contributed by atoms with Crippen molar-refractivity contribution >= 4 is 9.76 Å². The molecule has 0 rings (SSSR count). The third-order valence-corrected chi connectivity index (χ3v) is 1.93. The summed E-state index contributed by atoms with van der Waals surface area (Å²) in [6, 6.07) is 0. The lowest BCUT2D eigenvalue weighted by Gasteiger charge is -2.31. The summed E-state index contributed by atoms with van der Waals surface area (Å²) in [7, 11) is -0.626. The first-order valence-electron chi connectivity index (χ1n) is 4.80. The summed E-state index contributed by atoms with van der Waals surface area (Å²) in [6.07, 6.45) is -1.24. The third-order valence-electron chi connectivity index (χ3n) is 1.28. The van der Waals surface area contributed by atoms with Gasteiger partial charge in [-0.1, -0.05) is 6.55 Å². The van der Waals surface area contributed by atoms with Crippen LogP contribution in [0.4, 0.5) is 0 Å². The Labute approximate surface area is 82.4 Å². The molecule has 0 fully saturated rings. The summed E-state index contributed by atoms with van der Waals surface area (Å²) in [5, 5.41) is 0. The Balaban J connectivity index is 4.19. The van der Waals surface area contributed by atoms with Crippen LogP contribution in [0.2, 0.25) is 6.55 Å². The van der Waals surface area contributed by atoms with Crippen molar-refractivity contribution in [1.82, 2.24) is 0 Å². The maximum absolute atomic E-state index is 5.42. The van der Waals surface area contributed by atoms with Gasteiger partial charge in [0.1, 0.15) is 0 Å². The van der Waals surface area contributed by atoms with Gasteiger partial charge in [-0.15, -0.1) is 0 Å². The van der Waals surface area contributed by atoms with Gasteiger partial charge >= 0.3 is 6.16 Å². The highest BCUT2D eigenvalue weighted by atomic mass is 28.2. The molecule has 0 bridgehead atoms. The Bertz CT molecular complexity index is 91.2. The van der Waals surface area contributed by atoms with E-state index in [1.807, 2.05) is 27.3 Å². The smallest absolute Gasteiger partial charge is 0.353 e. The van der Waals surface area contributed by atoms with Gasteiger partial charge in [0.15, 0.2) is 9.76 Å². The fourth-order valence-corrected chi connectivity index (χ4v) is 1.56. The van der Waals surface area contributed by atoms with Gasteiger partial charge in [0.2, 0.25) is 0 Å². The SMILES string of the molecule is CCOC(OCC)(OCC)O[SiH2]C. The summed E-state index contributed by atoms with van der Waals surface area (Å²) in [5.41, 5.74) is 0. The van der Waals surface area contributed by atoms with Crippen LogP contribution in [0.15, 0.2) is 0 Å². The predicted molar refractivity (Wildman–Crippen MR) is 53.1 cm³/mol. The summed E-state index contributed by atoms with van der Waals surface area (Å²) in [6.45, 7) is 9.18. The highest BCUT2D eigenvalue weighted by Crippen LogP contribution is 2.16. The maximum Gasteiger partial charge on any atom is 0.402 e. The first kappa shape index (κ1) is 13.1. The van der Waals surface area contributed by atoms with E-state index in [0.717, 1.165) is 0 Å². The van der Waals surface area contributed by atoms with E-state index in [1.54, 1.807) is 0 Å². The minimum Gasteiger partial charge on any atom is -0.353 e. The molecule has 80 valence electrons. The van der Waals surface area contributed by atoms with E-state index in [4.69, 9.17) is 18.6 Å². The second-order valence-electron chi connectivity index (χ2n) is 2.23. The molecule has 0 atom stereocenters. The Morgan fingerprint density at radius 3 is 1.54 bits per heavy atom. The molecule has 0 saturated carbocycles. The van der Waals surface area contributed by atoms with Gasteiger partial charge < -0.3 is 18.6 Å². The highest BCUT2D eigenvalue weighted by molar-refractivity contribution is 6.24. The van der Waals surface area contributed by atoms with Crippen molar-refractivity contribution in [3.05, 3.63) is 0 Å². The average Bonchev–Trinajstić information content (AvgIpc) is 2.06. The van der Waals surface area contributed by atoms with Crippen LogP contribution >= 0.6 is 0 Å². The van der Waals surface area contributed by atoms with Crippen molar-refractivity contribution in [2.75, 3.05) is 19.8 Å². The van der Waals surface area contributed by atoms with Crippen LogP contribution in [0.5, 0.6) is 0 Å². The molecule has 0 spiro atoms. The van der Waals surface area contributed by atoms with Crippen molar-refractivity contribution < 1.29 is 18.6 Å². The van der Waals surface area contributed by atoms with Crippen LogP contribution in [0, 0.1) is 0 Å². The molecule has 0 N–H and O–H groups in total. The third kappa shape index (κ3) is 4.73. The molecule has 0 aliphatic heterocycles. The summed E-state index contributed by atoms with van der Waals surface area (Å²) in [4.78, 5) is 0. The van der Waals surface area contributed by atoms with Gasteiger partial charge in [-0.25, -0.2) is 0 Å². The highest BCUT2D eigenvalue weighted by Gasteiger charge is 2.33. The second-order valence-corrected chi connectivity index (χ2v) is 3.10. The van der Waals surface area contributed by atoms with Crippen LogP contribution in [-0.2, 0) is 18.6 Å². The zero-order chi connectivity index (χ0) is 10.2. The molecule has 0 aromatic rings. The van der Waals surface area contributed by atoms with Gasteiger partial charge in [0.25, 0.3) is 0 Å². The molecule has 13 heavy (non-hydrogen) atoms. The molecular formula is C8H20O4Si. The lowest BCUT2D eigenvalue weighted by Crippen LogP contribution is -2.43. The van der Waals surface area contributed by atoms with E-state index in [1.165, 1.54) is 0 Å². The number of hydrogen-bond donors (Lipinski definition) is 0. The molecule has 0 aliphatic rings. The van der Waals surface area contributed by atoms with Crippen LogP contribution < -0.4 is 0 Å². The fourth-order valence-electron chi connectivity index (χ4n) is 0.957. The van der Waals surface area contributed by atoms with Gasteiger partial charge in [0, 0.05) is 0 Å². The minimum absolute atomic E-state index is 0.508. The monoisotopic (exact) mass is 208 g/mol. The average molecular weight is 208 g/mol. The van der Waals surface area contributed by atoms with Gasteiger partial charge in [-0.3, -0.25) is 0 Å². The van der Waals surface area contributed by atoms with Crippen molar-refractivity contribution in [2.24, 2.45) is 0 Å². The van der Waals surface area contributed by atoms with Gasteiger partial charge in [-0.2, -0.15) is 0 Å². The minimum atomic E-state index is -1.24. The Hall–Kier alpha value is 0.0569. The maximum atomic E-state index is 5.42. The molecule has 0 aromatic carbocycles. The Kier molecular flexibility index (Phi) is 7.49. The second kappa shape index (κ2) is 7.46. The molecule has 0 saturated heterocycles. The van der Waals surface area contributed by atoms with E-state index in [9.17, 15) is 0 Å². The molecule has 0 unspecified atom stereocenters. The molecule has 0 amide bonds. The van der Waals surface area contributed by atoms with Gasteiger partial charge in [0.05, 0.1) is 19.8 Å². The van der Waals surface area contributed by atoms with Crippen molar-refractivity contribution in [3.63, 3.8) is 0 Å². The number of rotatable bonds is 8. The molecule has 4 nitrogen and oxygen atoms in total. The summed E-state index contributed by atoms with van der Waals surface area (Å²) in [5.74, 6) is 0. The topological polar surface area (TPSA) is 36.9 Å². The zero-order valence-electron chi connectivity index (χ0n) is 8.96. The molecule has 0 aromatic heterocycles. The lowest BCUT2D eigenvalue weighted by molar-refractivity contribution is -0.469. The largest absolute Gasteiger partial charge is 0.402 e.